The summed E-state index contributed by atoms with van der Waals surface area (Å²) in [5.74, 6) is 0. The Hall–Kier alpha value is -6.84. The number of anilines is 9. The molecule has 0 fully saturated rings. The average Bonchev–Trinajstić information content (AvgIpc) is 3.30. The van der Waals surface area contributed by atoms with E-state index in [1.54, 1.807) is 0 Å². The molecule has 9 aromatic carbocycles. The minimum absolute atomic E-state index is 1.12. The summed E-state index contributed by atoms with van der Waals surface area (Å²) in [4.78, 5) is 7.44. The van der Waals surface area contributed by atoms with Crippen molar-refractivity contribution in [2.24, 2.45) is 0 Å². The lowest BCUT2D eigenvalue weighted by Crippen LogP contribution is -2.48. The van der Waals surface area contributed by atoms with E-state index >= 15 is 0 Å². The van der Waals surface area contributed by atoms with Crippen molar-refractivity contribution < 1.29 is 0 Å². The molecule has 0 saturated carbocycles. The molecule has 3 aliphatic heterocycles. The first-order chi connectivity index (χ1) is 29.2. The van der Waals surface area contributed by atoms with Crippen LogP contribution in [0.5, 0.6) is 0 Å². The Bertz CT molecular complexity index is 2640. The molecule has 278 valence electrons. The maximum Gasteiger partial charge on any atom is 0.180 e. The molecular formula is C54H37N3PS+. The molecule has 0 radical (unpaired) electrons. The van der Waals surface area contributed by atoms with Gasteiger partial charge in [0.2, 0.25) is 0 Å². The number of rotatable bonds is 6. The van der Waals surface area contributed by atoms with Gasteiger partial charge in [-0.05, 0) is 106 Å². The second-order valence-electron chi connectivity index (χ2n) is 15.3. The molecule has 0 bridgehead atoms. The zero-order valence-electron chi connectivity index (χ0n) is 32.0. The van der Waals surface area contributed by atoms with Crippen LogP contribution in [0.1, 0.15) is 0 Å². The van der Waals surface area contributed by atoms with Crippen molar-refractivity contribution in [3.05, 3.63) is 218 Å². The van der Waals surface area contributed by atoms with Gasteiger partial charge in [0.05, 0.1) is 34.1 Å². The van der Waals surface area contributed by atoms with E-state index < -0.39 is 6.46 Å². The van der Waals surface area contributed by atoms with E-state index in [1.165, 1.54) is 83.4 Å². The second-order valence-corrected chi connectivity index (χ2v) is 19.7. The van der Waals surface area contributed by atoms with Crippen molar-refractivity contribution in [2.45, 2.75) is 0 Å². The van der Waals surface area contributed by atoms with Gasteiger partial charge in [-0.25, -0.2) is 0 Å². The van der Waals surface area contributed by atoms with Gasteiger partial charge in [-0.1, -0.05) is 146 Å². The van der Waals surface area contributed by atoms with Crippen LogP contribution in [0, 0.1) is 0 Å². The largest absolute Gasteiger partial charge is 0.303 e. The van der Waals surface area contributed by atoms with Crippen LogP contribution in [-0.2, 0) is 0 Å². The fraction of sp³-hybridized carbons (Fsp3) is 0. The Labute approximate surface area is 350 Å². The van der Waals surface area contributed by atoms with Gasteiger partial charge in [-0.2, -0.15) is 0 Å². The lowest BCUT2D eigenvalue weighted by Gasteiger charge is -2.48. The summed E-state index contributed by atoms with van der Waals surface area (Å²) < 4.78 is 0. The highest BCUT2D eigenvalue weighted by molar-refractivity contribution is 8.61. The molecule has 0 spiro atoms. The topological polar surface area (TPSA) is 9.72 Å². The van der Waals surface area contributed by atoms with E-state index in [1.807, 2.05) is 0 Å². The normalized spacial score (nSPS) is 13.9. The van der Waals surface area contributed by atoms with E-state index in [2.05, 4.69) is 233 Å². The van der Waals surface area contributed by atoms with Gasteiger partial charge < -0.3 is 14.7 Å². The highest BCUT2D eigenvalue weighted by Gasteiger charge is 2.62. The maximum absolute atomic E-state index is 6.10. The van der Waals surface area contributed by atoms with Gasteiger partial charge in [0, 0.05) is 29.3 Å². The third-order valence-electron chi connectivity index (χ3n) is 12.1. The van der Waals surface area contributed by atoms with Crippen molar-refractivity contribution >= 4 is 85.8 Å². The summed E-state index contributed by atoms with van der Waals surface area (Å²) in [5.41, 5.74) is 17.6. The van der Waals surface area contributed by atoms with E-state index in [-0.39, 0.29) is 0 Å². The van der Waals surface area contributed by atoms with Crippen molar-refractivity contribution in [3.63, 3.8) is 0 Å². The predicted molar refractivity (Wildman–Crippen MR) is 255 cm³/mol. The summed E-state index contributed by atoms with van der Waals surface area (Å²) in [6, 6.07) is 79.5. The number of benzene rings is 9. The zero-order chi connectivity index (χ0) is 39.1. The molecule has 0 saturated heterocycles. The van der Waals surface area contributed by atoms with Gasteiger partial charge in [0.1, 0.15) is 0 Å². The molecule has 0 unspecified atom stereocenters. The molecule has 0 aliphatic carbocycles. The van der Waals surface area contributed by atoms with E-state index in [0.29, 0.717) is 0 Å². The first kappa shape index (κ1) is 34.2. The lowest BCUT2D eigenvalue weighted by atomic mass is 10.0. The summed E-state index contributed by atoms with van der Waals surface area (Å²) in [7, 11) is 0. The van der Waals surface area contributed by atoms with E-state index in [9.17, 15) is 0 Å². The van der Waals surface area contributed by atoms with Gasteiger partial charge in [0.25, 0.3) is 0 Å². The SMILES string of the molecule is S[P+]12c3c4cccc3N(c3ccc(-c5ccccc5)cc3)c3cccc(c31)N(c1ccc(-c3ccccc3)cc1)c1cccc(c12)N4c1ccc(-c2ccccc2)cc1. The van der Waals surface area contributed by atoms with E-state index in [4.69, 9.17) is 12.2 Å². The highest BCUT2D eigenvalue weighted by Crippen LogP contribution is 2.75. The first-order valence-corrected chi connectivity index (χ1v) is 23.0. The van der Waals surface area contributed by atoms with Crippen LogP contribution < -0.4 is 30.6 Å². The predicted octanol–water partition coefficient (Wildman–Crippen LogP) is 14.2. The van der Waals surface area contributed by atoms with Crippen LogP contribution in [0.3, 0.4) is 0 Å². The van der Waals surface area contributed by atoms with Gasteiger partial charge in [0.15, 0.2) is 22.4 Å². The molecule has 9 aromatic rings. The second kappa shape index (κ2) is 13.4. The van der Waals surface area contributed by atoms with Crippen LogP contribution in [0.4, 0.5) is 51.2 Å². The van der Waals surface area contributed by atoms with Gasteiger partial charge >= 0.3 is 0 Å². The van der Waals surface area contributed by atoms with Crippen molar-refractivity contribution in [1.82, 2.24) is 0 Å². The summed E-state index contributed by atoms with van der Waals surface area (Å²) in [6.07, 6.45) is 0. The molecule has 3 heterocycles. The molecule has 0 amide bonds. The molecule has 0 atom stereocenters. The van der Waals surface area contributed by atoms with Crippen molar-refractivity contribution in [1.29, 1.82) is 0 Å². The Balaban J connectivity index is 1.10. The third-order valence-corrected chi connectivity index (χ3v) is 17.2. The average molecular weight is 791 g/mol. The highest BCUT2D eigenvalue weighted by atomic mass is 32.7. The van der Waals surface area contributed by atoms with Crippen LogP contribution in [0.25, 0.3) is 33.4 Å². The maximum atomic E-state index is 6.10. The van der Waals surface area contributed by atoms with Gasteiger partial charge in [-0.3, -0.25) is 0 Å². The zero-order valence-corrected chi connectivity index (χ0v) is 33.8. The molecule has 3 aliphatic rings. The molecule has 12 rings (SSSR count). The number of nitrogens with zero attached hydrogens (tertiary/aromatic N) is 3. The fourth-order valence-electron chi connectivity index (χ4n) is 9.50. The first-order valence-electron chi connectivity index (χ1n) is 20.1. The molecule has 59 heavy (non-hydrogen) atoms. The minimum atomic E-state index is -2.51. The van der Waals surface area contributed by atoms with Gasteiger partial charge in [-0.15, -0.1) is 0 Å². The van der Waals surface area contributed by atoms with E-state index in [0.717, 1.165) is 17.1 Å². The fourth-order valence-corrected chi connectivity index (χ4v) is 15.0. The van der Waals surface area contributed by atoms with Crippen LogP contribution in [0.2, 0.25) is 0 Å². The summed E-state index contributed by atoms with van der Waals surface area (Å²) in [5, 5.41) is 3.88. The van der Waals surface area contributed by atoms with Crippen LogP contribution >= 0.6 is 18.7 Å². The Morgan fingerprint density at radius 2 is 0.458 bits per heavy atom. The smallest absolute Gasteiger partial charge is 0.180 e. The van der Waals surface area contributed by atoms with Crippen LogP contribution in [0.15, 0.2) is 218 Å². The Morgan fingerprint density at radius 3 is 0.695 bits per heavy atom. The molecule has 3 nitrogen and oxygen atoms in total. The molecule has 0 aromatic heterocycles. The monoisotopic (exact) mass is 790 g/mol. The minimum Gasteiger partial charge on any atom is -0.303 e. The van der Waals surface area contributed by atoms with Crippen molar-refractivity contribution in [2.75, 3.05) is 14.7 Å². The van der Waals surface area contributed by atoms with Crippen molar-refractivity contribution in [3.8, 4) is 33.4 Å². The number of hydrogen-bond donors (Lipinski definition) is 1. The summed E-state index contributed by atoms with van der Waals surface area (Å²) in [6.45, 7) is -2.51. The molecule has 0 N–H and O–H groups in total. The Kier molecular flexibility index (Phi) is 7.75. The summed E-state index contributed by atoms with van der Waals surface area (Å²) >= 11 is 6.10. The number of hydrogen-bond acceptors (Lipinski definition) is 4. The molecule has 5 heteroatoms. The molecular weight excluding hydrogens is 754 g/mol. The standard InChI is InChI=1S/C54H37N3PS/c59-58-52-46-19-10-21-48(52)56(44-33-27-41(28-34-44)38-15-6-2-7-16-38)50-23-12-24-51(54(50)58)57(45-35-29-42(30-36-45)39-17-8-3-9-18-39)49-22-11-20-47(53(49)58)55(46)43-31-25-40(26-32-43)37-13-4-1-5-14-37/h1-36,59H/q+1. The number of thiol groups is 1. The quantitative estimate of drug-likeness (QED) is 0.133. The Morgan fingerprint density at radius 1 is 0.237 bits per heavy atom. The third kappa shape index (κ3) is 5.14. The van der Waals surface area contributed by atoms with Crippen LogP contribution in [-0.4, -0.2) is 0 Å². The lowest BCUT2D eigenvalue weighted by molar-refractivity contribution is 1.23.